The van der Waals surface area contributed by atoms with Gasteiger partial charge in [0, 0.05) is 19.4 Å². The van der Waals surface area contributed by atoms with Crippen molar-refractivity contribution in [3.8, 4) is 0 Å². The predicted octanol–water partition coefficient (Wildman–Crippen LogP) is 0.362. The molecule has 0 spiro atoms. The number of hydrogen-bond donors (Lipinski definition) is 2. The minimum Gasteiger partial charge on any atom is -0.356 e. The lowest BCUT2D eigenvalue weighted by molar-refractivity contribution is -0.124. The molecule has 0 saturated heterocycles. The molecule has 110 valence electrons. The lowest BCUT2D eigenvalue weighted by Crippen LogP contribution is -2.25. The van der Waals surface area contributed by atoms with Crippen LogP contribution in [0.4, 0.5) is 0 Å². The standard InChI is InChI=1S/C13H18N2O4S/c1-10(16)2-7-13(17)15-9-8-11-3-5-12(6-4-11)20(14,18)19/h3-6H,2,7-9H2,1H3,(H,15,17)(H2,14,18,19). The van der Waals surface area contributed by atoms with Crippen LogP contribution in [0.2, 0.25) is 0 Å². The van der Waals surface area contributed by atoms with E-state index in [2.05, 4.69) is 5.32 Å². The summed E-state index contributed by atoms with van der Waals surface area (Å²) < 4.78 is 22.1. The Morgan fingerprint density at radius 1 is 1.15 bits per heavy atom. The van der Waals surface area contributed by atoms with Crippen molar-refractivity contribution in [3.63, 3.8) is 0 Å². The molecule has 0 aliphatic carbocycles. The van der Waals surface area contributed by atoms with E-state index in [0.717, 1.165) is 5.56 Å². The van der Waals surface area contributed by atoms with Gasteiger partial charge in [-0.2, -0.15) is 0 Å². The predicted molar refractivity (Wildman–Crippen MR) is 74.4 cm³/mol. The third-order valence-electron chi connectivity index (χ3n) is 2.69. The highest BCUT2D eigenvalue weighted by Crippen LogP contribution is 2.08. The highest BCUT2D eigenvalue weighted by atomic mass is 32.2. The van der Waals surface area contributed by atoms with Gasteiger partial charge in [0.25, 0.3) is 0 Å². The normalized spacial score (nSPS) is 11.1. The van der Waals surface area contributed by atoms with Gasteiger partial charge in [0.1, 0.15) is 5.78 Å². The zero-order valence-corrected chi connectivity index (χ0v) is 12.1. The van der Waals surface area contributed by atoms with E-state index in [-0.39, 0.29) is 29.4 Å². The quantitative estimate of drug-likeness (QED) is 0.758. The van der Waals surface area contributed by atoms with Crippen molar-refractivity contribution < 1.29 is 18.0 Å². The molecule has 0 aromatic heterocycles. The second-order valence-electron chi connectivity index (χ2n) is 4.49. The van der Waals surface area contributed by atoms with Gasteiger partial charge in [-0.3, -0.25) is 4.79 Å². The van der Waals surface area contributed by atoms with Gasteiger partial charge in [0.2, 0.25) is 15.9 Å². The lowest BCUT2D eigenvalue weighted by atomic mass is 10.1. The summed E-state index contributed by atoms with van der Waals surface area (Å²) in [6.07, 6.45) is 1.02. The smallest absolute Gasteiger partial charge is 0.238 e. The molecule has 0 unspecified atom stereocenters. The molecule has 6 nitrogen and oxygen atoms in total. The average molecular weight is 298 g/mol. The van der Waals surface area contributed by atoms with Crippen LogP contribution in [0.15, 0.2) is 29.2 Å². The van der Waals surface area contributed by atoms with E-state index in [1.807, 2.05) is 0 Å². The van der Waals surface area contributed by atoms with Crippen LogP contribution >= 0.6 is 0 Å². The Hall–Kier alpha value is -1.73. The SMILES string of the molecule is CC(=O)CCC(=O)NCCc1ccc(S(N)(=O)=O)cc1. The van der Waals surface area contributed by atoms with Crippen molar-refractivity contribution in [1.29, 1.82) is 0 Å². The summed E-state index contributed by atoms with van der Waals surface area (Å²) in [6.45, 7) is 1.88. The zero-order valence-electron chi connectivity index (χ0n) is 11.3. The van der Waals surface area contributed by atoms with E-state index in [1.54, 1.807) is 12.1 Å². The molecular formula is C13H18N2O4S. The summed E-state index contributed by atoms with van der Waals surface area (Å²) in [7, 11) is -3.67. The van der Waals surface area contributed by atoms with E-state index < -0.39 is 10.0 Å². The number of rotatable bonds is 7. The van der Waals surface area contributed by atoms with Crippen molar-refractivity contribution in [3.05, 3.63) is 29.8 Å². The van der Waals surface area contributed by atoms with E-state index in [9.17, 15) is 18.0 Å². The van der Waals surface area contributed by atoms with Crippen molar-refractivity contribution in [2.24, 2.45) is 5.14 Å². The van der Waals surface area contributed by atoms with E-state index in [4.69, 9.17) is 5.14 Å². The first-order valence-corrected chi connectivity index (χ1v) is 7.71. The van der Waals surface area contributed by atoms with Crippen molar-refractivity contribution >= 4 is 21.7 Å². The summed E-state index contributed by atoms with van der Waals surface area (Å²) in [6, 6.07) is 6.17. The third kappa shape index (κ3) is 5.94. The summed E-state index contributed by atoms with van der Waals surface area (Å²) in [5.41, 5.74) is 0.893. The molecule has 1 aromatic rings. The number of nitrogens with two attached hydrogens (primary N) is 1. The first-order chi connectivity index (χ1) is 9.29. The highest BCUT2D eigenvalue weighted by molar-refractivity contribution is 7.89. The third-order valence-corrected chi connectivity index (χ3v) is 3.62. The molecule has 0 aliphatic heterocycles. The van der Waals surface area contributed by atoms with Crippen LogP contribution in [0.5, 0.6) is 0 Å². The van der Waals surface area contributed by atoms with Gasteiger partial charge in [-0.1, -0.05) is 12.1 Å². The number of sulfonamides is 1. The summed E-state index contributed by atoms with van der Waals surface area (Å²) in [4.78, 5) is 22.1. The molecule has 3 N–H and O–H groups in total. The maximum atomic E-state index is 11.4. The number of primary sulfonamides is 1. The summed E-state index contributed by atoms with van der Waals surface area (Å²) >= 11 is 0. The minimum absolute atomic E-state index is 0.0151. The van der Waals surface area contributed by atoms with Gasteiger partial charge < -0.3 is 10.1 Å². The average Bonchev–Trinajstić information content (AvgIpc) is 2.36. The molecule has 0 heterocycles. The lowest BCUT2D eigenvalue weighted by Gasteiger charge is -2.05. The zero-order chi connectivity index (χ0) is 15.2. The Morgan fingerprint density at radius 2 is 1.75 bits per heavy atom. The van der Waals surface area contributed by atoms with Gasteiger partial charge in [-0.15, -0.1) is 0 Å². The fourth-order valence-electron chi connectivity index (χ4n) is 1.57. The molecule has 1 rings (SSSR count). The first kappa shape index (κ1) is 16.3. The van der Waals surface area contributed by atoms with E-state index in [0.29, 0.717) is 13.0 Å². The maximum Gasteiger partial charge on any atom is 0.238 e. The number of hydrogen-bond acceptors (Lipinski definition) is 4. The van der Waals surface area contributed by atoms with E-state index in [1.165, 1.54) is 19.1 Å². The Bertz CT molecular complexity index is 579. The van der Waals surface area contributed by atoms with Crippen LogP contribution in [0, 0.1) is 0 Å². The Kier molecular flexibility index (Phi) is 5.84. The van der Waals surface area contributed by atoms with Gasteiger partial charge >= 0.3 is 0 Å². The minimum atomic E-state index is -3.67. The largest absolute Gasteiger partial charge is 0.356 e. The molecule has 0 bridgehead atoms. The molecule has 0 aliphatic rings. The fraction of sp³-hybridized carbons (Fsp3) is 0.385. The van der Waals surface area contributed by atoms with Crippen LogP contribution in [0.3, 0.4) is 0 Å². The first-order valence-electron chi connectivity index (χ1n) is 6.17. The topological polar surface area (TPSA) is 106 Å². The summed E-state index contributed by atoms with van der Waals surface area (Å²) in [5.74, 6) is -0.180. The highest BCUT2D eigenvalue weighted by Gasteiger charge is 2.07. The van der Waals surface area contributed by atoms with Gasteiger partial charge in [-0.05, 0) is 31.0 Å². The van der Waals surface area contributed by atoms with Crippen LogP contribution in [0.1, 0.15) is 25.3 Å². The number of nitrogens with one attached hydrogen (secondary N) is 1. The molecule has 0 saturated carbocycles. The summed E-state index contributed by atoms with van der Waals surface area (Å²) in [5, 5.41) is 7.69. The van der Waals surface area contributed by atoms with Crippen LogP contribution in [-0.4, -0.2) is 26.7 Å². The maximum absolute atomic E-state index is 11.4. The Balaban J connectivity index is 2.39. The second-order valence-corrected chi connectivity index (χ2v) is 6.05. The molecular weight excluding hydrogens is 280 g/mol. The Labute approximate surface area is 118 Å². The fourth-order valence-corrected chi connectivity index (χ4v) is 2.09. The number of ketones is 1. The van der Waals surface area contributed by atoms with Crippen LogP contribution in [0.25, 0.3) is 0 Å². The monoisotopic (exact) mass is 298 g/mol. The molecule has 0 atom stereocenters. The van der Waals surface area contributed by atoms with Crippen LogP contribution < -0.4 is 10.5 Å². The number of amides is 1. The number of carbonyl (C=O) groups is 2. The molecule has 1 amide bonds. The Morgan fingerprint density at radius 3 is 2.25 bits per heavy atom. The molecule has 7 heteroatoms. The van der Waals surface area contributed by atoms with Crippen molar-refractivity contribution in [1.82, 2.24) is 5.32 Å². The number of Topliss-reactive ketones (excluding diaryl/α,β-unsaturated/α-hetero) is 1. The van der Waals surface area contributed by atoms with Crippen molar-refractivity contribution in [2.75, 3.05) is 6.54 Å². The van der Waals surface area contributed by atoms with Gasteiger partial charge in [-0.25, -0.2) is 13.6 Å². The number of benzene rings is 1. The van der Waals surface area contributed by atoms with Gasteiger partial charge in [0.15, 0.2) is 0 Å². The molecule has 0 radical (unpaired) electrons. The van der Waals surface area contributed by atoms with Crippen molar-refractivity contribution in [2.45, 2.75) is 31.1 Å². The molecule has 1 aromatic carbocycles. The molecule has 0 fully saturated rings. The van der Waals surface area contributed by atoms with Gasteiger partial charge in [0.05, 0.1) is 4.90 Å². The molecule has 20 heavy (non-hydrogen) atoms. The second kappa shape index (κ2) is 7.16. The van der Waals surface area contributed by atoms with E-state index >= 15 is 0 Å². The number of carbonyl (C=O) groups excluding carboxylic acids is 2. The van der Waals surface area contributed by atoms with Crippen LogP contribution in [-0.2, 0) is 26.0 Å².